The lowest BCUT2D eigenvalue weighted by molar-refractivity contribution is -0.140. The number of Topliss-reactive ketones (excluding diaryl/α,β-unsaturated/α-hetero) is 1. The Hall–Kier alpha value is -3.06. The van der Waals surface area contributed by atoms with Crippen molar-refractivity contribution < 1.29 is 28.6 Å². The number of likely N-dealkylation sites (tertiary alicyclic amines) is 1. The molecule has 0 bridgehead atoms. The zero-order chi connectivity index (χ0) is 18.7. The molecular weight excluding hydrogens is 338 g/mol. The molecule has 0 spiro atoms. The van der Waals surface area contributed by atoms with Crippen molar-refractivity contribution in [2.75, 3.05) is 27.4 Å². The molecule has 1 unspecified atom stereocenters. The number of carbonyl (C=O) groups is 2. The van der Waals surface area contributed by atoms with Gasteiger partial charge in [0.2, 0.25) is 0 Å². The third-order valence-electron chi connectivity index (χ3n) is 4.25. The van der Waals surface area contributed by atoms with E-state index in [1.54, 1.807) is 36.4 Å². The van der Waals surface area contributed by atoms with Crippen LogP contribution in [0.3, 0.4) is 0 Å². The monoisotopic (exact) mass is 357 g/mol. The molecule has 1 aliphatic heterocycles. The molecule has 1 amide bonds. The number of furan rings is 1. The molecule has 0 radical (unpaired) electrons. The molecule has 7 heteroatoms. The van der Waals surface area contributed by atoms with Crippen LogP contribution in [0.5, 0.6) is 5.75 Å². The third kappa shape index (κ3) is 3.09. The van der Waals surface area contributed by atoms with Crippen molar-refractivity contribution in [3.8, 4) is 5.75 Å². The summed E-state index contributed by atoms with van der Waals surface area (Å²) in [6.45, 7) is 0.457. The number of hydrogen-bond donors (Lipinski definition) is 1. The lowest BCUT2D eigenvalue weighted by Crippen LogP contribution is -2.32. The zero-order valence-electron chi connectivity index (χ0n) is 14.5. The van der Waals surface area contributed by atoms with Gasteiger partial charge < -0.3 is 23.9 Å². The zero-order valence-corrected chi connectivity index (χ0v) is 14.5. The van der Waals surface area contributed by atoms with Crippen LogP contribution in [0.4, 0.5) is 0 Å². The van der Waals surface area contributed by atoms with Gasteiger partial charge in [-0.3, -0.25) is 9.59 Å². The highest BCUT2D eigenvalue weighted by Gasteiger charge is 2.47. The van der Waals surface area contributed by atoms with Gasteiger partial charge in [0.05, 0.1) is 25.6 Å². The van der Waals surface area contributed by atoms with Crippen molar-refractivity contribution in [1.82, 2.24) is 4.90 Å². The minimum atomic E-state index is -0.803. The number of nitrogens with zero attached hydrogens (tertiary/aromatic N) is 1. The van der Waals surface area contributed by atoms with E-state index in [4.69, 9.17) is 13.9 Å². The minimum absolute atomic E-state index is 0.00813. The van der Waals surface area contributed by atoms with Crippen molar-refractivity contribution >= 4 is 17.4 Å². The Balaban J connectivity index is 2.09. The van der Waals surface area contributed by atoms with Gasteiger partial charge in [0, 0.05) is 19.2 Å². The van der Waals surface area contributed by atoms with E-state index in [0.29, 0.717) is 17.1 Å². The van der Waals surface area contributed by atoms with E-state index < -0.39 is 17.7 Å². The van der Waals surface area contributed by atoms with Crippen molar-refractivity contribution in [2.24, 2.45) is 0 Å². The second-order valence-electron chi connectivity index (χ2n) is 5.73. The number of benzene rings is 1. The average molecular weight is 357 g/mol. The van der Waals surface area contributed by atoms with Gasteiger partial charge in [-0.2, -0.15) is 0 Å². The Morgan fingerprint density at radius 1 is 1.19 bits per heavy atom. The van der Waals surface area contributed by atoms with Crippen molar-refractivity contribution in [3.05, 3.63) is 59.6 Å². The van der Waals surface area contributed by atoms with Gasteiger partial charge in [0.25, 0.3) is 11.7 Å². The van der Waals surface area contributed by atoms with E-state index >= 15 is 0 Å². The average Bonchev–Trinajstić information content (AvgIpc) is 3.27. The maximum absolute atomic E-state index is 12.6. The summed E-state index contributed by atoms with van der Waals surface area (Å²) in [6, 6.07) is 9.10. The first-order chi connectivity index (χ1) is 12.6. The van der Waals surface area contributed by atoms with Crippen LogP contribution in [0.15, 0.2) is 52.7 Å². The molecule has 1 aromatic heterocycles. The summed E-state index contributed by atoms with van der Waals surface area (Å²) < 4.78 is 15.6. The Morgan fingerprint density at radius 3 is 2.50 bits per heavy atom. The summed E-state index contributed by atoms with van der Waals surface area (Å²) in [4.78, 5) is 26.4. The van der Waals surface area contributed by atoms with Crippen LogP contribution in [0.2, 0.25) is 0 Å². The van der Waals surface area contributed by atoms with Crippen LogP contribution in [0.1, 0.15) is 17.4 Å². The molecule has 2 aromatic rings. The Bertz CT molecular complexity index is 822. The number of ketones is 1. The first-order valence-corrected chi connectivity index (χ1v) is 8.03. The maximum Gasteiger partial charge on any atom is 0.295 e. The van der Waals surface area contributed by atoms with E-state index in [1.165, 1.54) is 25.4 Å². The maximum atomic E-state index is 12.6. The largest absolute Gasteiger partial charge is 0.507 e. The molecule has 26 heavy (non-hydrogen) atoms. The number of methoxy groups -OCH3 is 2. The molecule has 2 heterocycles. The van der Waals surface area contributed by atoms with E-state index in [9.17, 15) is 14.7 Å². The van der Waals surface area contributed by atoms with Crippen molar-refractivity contribution in [2.45, 2.75) is 6.04 Å². The van der Waals surface area contributed by atoms with E-state index in [0.717, 1.165) is 0 Å². The second kappa shape index (κ2) is 7.45. The number of amides is 1. The summed E-state index contributed by atoms with van der Waals surface area (Å²) in [5, 5.41) is 10.8. The standard InChI is InChI=1S/C19H19NO6/c1-24-11-9-20-16(14-4-3-10-26-14)15(18(22)19(20)23)17(21)12-5-7-13(25-2)8-6-12/h3-8,10,16,21H,9,11H2,1-2H3. The van der Waals surface area contributed by atoms with Crippen LogP contribution in [0, 0.1) is 0 Å². The van der Waals surface area contributed by atoms with E-state index in [-0.39, 0.29) is 24.5 Å². The van der Waals surface area contributed by atoms with Crippen molar-refractivity contribution in [1.29, 1.82) is 0 Å². The first kappa shape index (κ1) is 17.8. The van der Waals surface area contributed by atoms with Gasteiger partial charge in [-0.15, -0.1) is 0 Å². The lowest BCUT2D eigenvalue weighted by atomic mass is 9.99. The predicted octanol–water partition coefficient (Wildman–Crippen LogP) is 2.36. The predicted molar refractivity (Wildman–Crippen MR) is 92.6 cm³/mol. The fourth-order valence-corrected chi connectivity index (χ4v) is 2.95. The third-order valence-corrected chi connectivity index (χ3v) is 4.25. The molecule has 0 aliphatic carbocycles. The number of hydrogen-bond acceptors (Lipinski definition) is 6. The van der Waals surface area contributed by atoms with E-state index in [2.05, 4.69) is 0 Å². The molecule has 1 saturated heterocycles. The molecule has 1 N–H and O–H groups in total. The number of carbonyl (C=O) groups excluding carboxylic acids is 2. The normalized spacial score (nSPS) is 19.2. The number of aliphatic hydroxyl groups is 1. The van der Waals surface area contributed by atoms with Gasteiger partial charge in [-0.25, -0.2) is 0 Å². The fourth-order valence-electron chi connectivity index (χ4n) is 2.95. The summed E-state index contributed by atoms with van der Waals surface area (Å²) >= 11 is 0. The smallest absolute Gasteiger partial charge is 0.295 e. The highest BCUT2D eigenvalue weighted by molar-refractivity contribution is 6.46. The Labute approximate surface area is 150 Å². The molecular formula is C19H19NO6. The number of rotatable bonds is 6. The quantitative estimate of drug-likeness (QED) is 0.485. The summed E-state index contributed by atoms with van der Waals surface area (Å²) in [5.41, 5.74) is 0.401. The van der Waals surface area contributed by atoms with Crippen LogP contribution in [-0.2, 0) is 14.3 Å². The molecule has 1 fully saturated rings. The van der Waals surface area contributed by atoms with Crippen LogP contribution < -0.4 is 4.74 Å². The van der Waals surface area contributed by atoms with E-state index in [1.807, 2.05) is 0 Å². The van der Waals surface area contributed by atoms with Crippen LogP contribution >= 0.6 is 0 Å². The molecule has 1 atom stereocenters. The van der Waals surface area contributed by atoms with Gasteiger partial charge >= 0.3 is 0 Å². The minimum Gasteiger partial charge on any atom is -0.507 e. The molecule has 1 aromatic carbocycles. The van der Waals surface area contributed by atoms with Gasteiger partial charge in [-0.1, -0.05) is 0 Å². The molecule has 0 saturated carbocycles. The SMILES string of the molecule is COCCN1C(=O)C(=O)C(=C(O)c2ccc(OC)cc2)C1c1ccco1. The first-order valence-electron chi connectivity index (χ1n) is 8.03. The van der Waals surface area contributed by atoms with Gasteiger partial charge in [0.15, 0.2) is 0 Å². The molecule has 1 aliphatic rings. The van der Waals surface area contributed by atoms with Gasteiger partial charge in [0.1, 0.15) is 23.3 Å². The summed E-state index contributed by atoms with van der Waals surface area (Å²) in [5.74, 6) is -0.693. The molecule has 7 nitrogen and oxygen atoms in total. The molecule has 136 valence electrons. The summed E-state index contributed by atoms with van der Waals surface area (Å²) in [7, 11) is 3.04. The fraction of sp³-hybridized carbons (Fsp3) is 0.263. The van der Waals surface area contributed by atoms with Crippen LogP contribution in [-0.4, -0.2) is 49.1 Å². The second-order valence-corrected chi connectivity index (χ2v) is 5.73. The van der Waals surface area contributed by atoms with Crippen LogP contribution in [0.25, 0.3) is 5.76 Å². The number of aliphatic hydroxyl groups excluding tert-OH is 1. The Morgan fingerprint density at radius 2 is 1.92 bits per heavy atom. The van der Waals surface area contributed by atoms with Crippen molar-refractivity contribution in [3.63, 3.8) is 0 Å². The number of ether oxygens (including phenoxy) is 2. The highest BCUT2D eigenvalue weighted by Crippen LogP contribution is 2.39. The summed E-state index contributed by atoms with van der Waals surface area (Å²) in [6.07, 6.45) is 1.46. The lowest BCUT2D eigenvalue weighted by Gasteiger charge is -2.22. The van der Waals surface area contributed by atoms with Gasteiger partial charge in [-0.05, 0) is 36.4 Å². The molecule has 3 rings (SSSR count). The Kier molecular flexibility index (Phi) is 5.09. The topological polar surface area (TPSA) is 89.2 Å². The highest BCUT2D eigenvalue weighted by atomic mass is 16.5.